The van der Waals surface area contributed by atoms with Crippen molar-refractivity contribution >= 4 is 10.0 Å². The summed E-state index contributed by atoms with van der Waals surface area (Å²) in [7, 11) is -2.99. The zero-order chi connectivity index (χ0) is 10.6. The molecule has 0 bridgehead atoms. The Balaban J connectivity index is 2.18. The summed E-state index contributed by atoms with van der Waals surface area (Å²) in [6.45, 7) is 2.90. The van der Waals surface area contributed by atoms with Crippen molar-refractivity contribution in [1.29, 1.82) is 0 Å². The monoisotopic (exact) mass is 219 g/mol. The van der Waals surface area contributed by atoms with Gasteiger partial charge in [-0.05, 0) is 24.7 Å². The predicted molar refractivity (Wildman–Crippen MR) is 58.6 cm³/mol. The average Bonchev–Trinajstić information content (AvgIpc) is 2.01. The average molecular weight is 219 g/mol. The molecule has 0 saturated heterocycles. The Bertz CT molecular complexity index is 261. The Hall–Kier alpha value is -0.0900. The Kier molecular flexibility index (Phi) is 4.38. The van der Waals surface area contributed by atoms with Crippen LogP contribution in [-0.2, 0) is 10.0 Å². The van der Waals surface area contributed by atoms with Gasteiger partial charge < -0.3 is 0 Å². The second-order valence-electron chi connectivity index (χ2n) is 4.59. The summed E-state index contributed by atoms with van der Waals surface area (Å²) in [5.41, 5.74) is 0. The lowest BCUT2D eigenvalue weighted by Crippen LogP contribution is -2.26. The van der Waals surface area contributed by atoms with Gasteiger partial charge in [0.05, 0.1) is 6.26 Å². The van der Waals surface area contributed by atoms with Crippen LogP contribution in [0.4, 0.5) is 0 Å². The first-order chi connectivity index (χ1) is 6.47. The fourth-order valence-electron chi connectivity index (χ4n) is 2.27. The maximum Gasteiger partial charge on any atom is 0.208 e. The van der Waals surface area contributed by atoms with Crippen LogP contribution in [0.5, 0.6) is 0 Å². The van der Waals surface area contributed by atoms with Crippen LogP contribution in [-0.4, -0.2) is 21.2 Å². The van der Waals surface area contributed by atoms with Crippen LogP contribution in [0, 0.1) is 11.8 Å². The molecule has 0 aromatic heterocycles. The molecule has 1 fully saturated rings. The van der Waals surface area contributed by atoms with Crippen LogP contribution in [0.1, 0.15) is 39.0 Å². The number of hydrogen-bond donors (Lipinski definition) is 1. The normalized spacial score (nSPS) is 29.0. The molecule has 0 aromatic carbocycles. The smallest absolute Gasteiger partial charge is 0.208 e. The highest BCUT2D eigenvalue weighted by Crippen LogP contribution is 2.30. The molecule has 1 aliphatic rings. The molecule has 1 N–H and O–H groups in total. The van der Waals surface area contributed by atoms with E-state index in [-0.39, 0.29) is 0 Å². The number of rotatable bonds is 4. The Labute approximate surface area is 87.3 Å². The molecule has 0 aliphatic heterocycles. The molecule has 0 heterocycles. The molecule has 0 unspecified atom stereocenters. The lowest BCUT2D eigenvalue weighted by molar-refractivity contribution is 0.271. The van der Waals surface area contributed by atoms with Gasteiger partial charge in [-0.25, -0.2) is 13.1 Å². The molecule has 84 valence electrons. The molecule has 0 spiro atoms. The Morgan fingerprint density at radius 2 is 2.07 bits per heavy atom. The van der Waals surface area contributed by atoms with Gasteiger partial charge >= 0.3 is 0 Å². The van der Waals surface area contributed by atoms with Crippen LogP contribution in [0.25, 0.3) is 0 Å². The zero-order valence-electron chi connectivity index (χ0n) is 9.12. The quantitative estimate of drug-likeness (QED) is 0.783. The maximum absolute atomic E-state index is 10.8. The third-order valence-electron chi connectivity index (χ3n) is 2.96. The van der Waals surface area contributed by atoms with Gasteiger partial charge in [-0.1, -0.05) is 26.2 Å². The topological polar surface area (TPSA) is 46.2 Å². The fourth-order valence-corrected chi connectivity index (χ4v) is 2.76. The highest BCUT2D eigenvalue weighted by Gasteiger charge is 2.18. The van der Waals surface area contributed by atoms with Crippen LogP contribution in [0.15, 0.2) is 0 Å². The third kappa shape index (κ3) is 4.96. The summed E-state index contributed by atoms with van der Waals surface area (Å²) in [4.78, 5) is 0. The first-order valence-electron chi connectivity index (χ1n) is 5.42. The van der Waals surface area contributed by atoms with E-state index in [9.17, 15) is 8.42 Å². The molecule has 0 amide bonds. The maximum atomic E-state index is 10.8. The SMILES string of the molecule is C[C@H]1CCC[C@H](CCNS(C)(=O)=O)C1. The largest absolute Gasteiger partial charge is 0.215 e. The van der Waals surface area contributed by atoms with Gasteiger partial charge in [-0.3, -0.25) is 0 Å². The van der Waals surface area contributed by atoms with Crippen LogP contribution >= 0.6 is 0 Å². The van der Waals surface area contributed by atoms with Crippen molar-refractivity contribution in [1.82, 2.24) is 4.72 Å². The molecular formula is C10H21NO2S. The number of hydrogen-bond acceptors (Lipinski definition) is 2. The summed E-state index contributed by atoms with van der Waals surface area (Å²) >= 11 is 0. The molecule has 3 nitrogen and oxygen atoms in total. The first-order valence-corrected chi connectivity index (χ1v) is 7.31. The summed E-state index contributed by atoms with van der Waals surface area (Å²) in [6, 6.07) is 0. The predicted octanol–water partition coefficient (Wildman–Crippen LogP) is 1.75. The van der Waals surface area contributed by atoms with Gasteiger partial charge in [0.1, 0.15) is 0 Å². The van der Waals surface area contributed by atoms with E-state index in [0.29, 0.717) is 6.54 Å². The molecular weight excluding hydrogens is 198 g/mol. The molecule has 1 saturated carbocycles. The molecule has 0 radical (unpaired) electrons. The minimum absolute atomic E-state index is 0.607. The van der Waals surface area contributed by atoms with Gasteiger partial charge in [-0.2, -0.15) is 0 Å². The third-order valence-corrected chi connectivity index (χ3v) is 3.69. The van der Waals surface area contributed by atoms with E-state index in [1.54, 1.807) is 0 Å². The van der Waals surface area contributed by atoms with Crippen molar-refractivity contribution in [3.05, 3.63) is 0 Å². The summed E-state index contributed by atoms with van der Waals surface area (Å²) < 4.78 is 24.2. The van der Waals surface area contributed by atoms with E-state index in [2.05, 4.69) is 11.6 Å². The van der Waals surface area contributed by atoms with E-state index < -0.39 is 10.0 Å². The summed E-state index contributed by atoms with van der Waals surface area (Å²) in [5, 5.41) is 0. The second kappa shape index (κ2) is 5.12. The van der Waals surface area contributed by atoms with Crippen molar-refractivity contribution in [2.45, 2.75) is 39.0 Å². The van der Waals surface area contributed by atoms with E-state index in [4.69, 9.17) is 0 Å². The van der Waals surface area contributed by atoms with Crippen LogP contribution in [0.3, 0.4) is 0 Å². The van der Waals surface area contributed by atoms with Crippen LogP contribution < -0.4 is 4.72 Å². The van der Waals surface area contributed by atoms with Crippen molar-refractivity contribution in [2.75, 3.05) is 12.8 Å². The first kappa shape index (κ1) is 12.0. The lowest BCUT2D eigenvalue weighted by Gasteiger charge is -2.26. The van der Waals surface area contributed by atoms with Crippen LogP contribution in [0.2, 0.25) is 0 Å². The molecule has 2 atom stereocenters. The zero-order valence-corrected chi connectivity index (χ0v) is 9.94. The molecule has 1 rings (SSSR count). The molecule has 14 heavy (non-hydrogen) atoms. The van der Waals surface area contributed by atoms with Gasteiger partial charge in [0.15, 0.2) is 0 Å². The minimum Gasteiger partial charge on any atom is -0.215 e. The Morgan fingerprint density at radius 3 is 2.64 bits per heavy atom. The van der Waals surface area contributed by atoms with E-state index >= 15 is 0 Å². The molecule has 4 heteroatoms. The van der Waals surface area contributed by atoms with Gasteiger partial charge in [0.25, 0.3) is 0 Å². The fraction of sp³-hybridized carbons (Fsp3) is 1.00. The highest BCUT2D eigenvalue weighted by molar-refractivity contribution is 7.88. The van der Waals surface area contributed by atoms with Crippen molar-refractivity contribution in [3.63, 3.8) is 0 Å². The van der Waals surface area contributed by atoms with Crippen molar-refractivity contribution in [2.24, 2.45) is 11.8 Å². The van der Waals surface area contributed by atoms with Crippen molar-refractivity contribution in [3.8, 4) is 0 Å². The second-order valence-corrected chi connectivity index (χ2v) is 6.43. The van der Waals surface area contributed by atoms with E-state index in [1.165, 1.54) is 31.9 Å². The molecule has 0 aromatic rings. The summed E-state index contributed by atoms with van der Waals surface area (Å²) in [6.07, 6.45) is 7.41. The standard InChI is InChI=1S/C10H21NO2S/c1-9-4-3-5-10(8-9)6-7-11-14(2,12)13/h9-11H,3-8H2,1-2H3/t9-,10+/m0/s1. The van der Waals surface area contributed by atoms with Gasteiger partial charge in [-0.15, -0.1) is 0 Å². The number of sulfonamides is 1. The van der Waals surface area contributed by atoms with Gasteiger partial charge in [0, 0.05) is 6.54 Å². The van der Waals surface area contributed by atoms with E-state index in [1.807, 2.05) is 0 Å². The summed E-state index contributed by atoms with van der Waals surface area (Å²) in [5.74, 6) is 1.56. The Morgan fingerprint density at radius 1 is 1.36 bits per heavy atom. The highest BCUT2D eigenvalue weighted by atomic mass is 32.2. The van der Waals surface area contributed by atoms with Crippen molar-refractivity contribution < 1.29 is 8.42 Å². The minimum atomic E-state index is -2.99. The molecule has 1 aliphatic carbocycles. The lowest BCUT2D eigenvalue weighted by atomic mass is 9.81. The van der Waals surface area contributed by atoms with E-state index in [0.717, 1.165) is 18.3 Å². The van der Waals surface area contributed by atoms with Gasteiger partial charge in [0.2, 0.25) is 10.0 Å². The number of nitrogens with one attached hydrogen (secondary N) is 1.